The van der Waals surface area contributed by atoms with E-state index in [1.54, 1.807) is 49.8 Å². The quantitative estimate of drug-likeness (QED) is 0.398. The Morgan fingerprint density at radius 3 is 2.41 bits per heavy atom. The molecule has 0 saturated carbocycles. The lowest BCUT2D eigenvalue weighted by molar-refractivity contribution is -0.133. The van der Waals surface area contributed by atoms with Crippen LogP contribution in [0, 0.1) is 5.92 Å². The number of methoxy groups -OCH3 is 2. The summed E-state index contributed by atoms with van der Waals surface area (Å²) in [7, 11) is 3.12. The van der Waals surface area contributed by atoms with Gasteiger partial charge in [0.05, 0.1) is 26.3 Å². The Bertz CT molecular complexity index is 1530. The predicted molar refractivity (Wildman–Crippen MR) is 173 cm³/mol. The van der Waals surface area contributed by atoms with Crippen LogP contribution in [0.4, 0.5) is 5.95 Å². The van der Waals surface area contributed by atoms with Crippen LogP contribution < -0.4 is 25.0 Å². The number of piperazine rings is 1. The molecule has 4 bridgehead atoms. The predicted octanol–water partition coefficient (Wildman–Crippen LogP) is 1.98. The first-order chi connectivity index (χ1) is 22.2. The third-order valence-electron chi connectivity index (χ3n) is 8.15. The van der Waals surface area contributed by atoms with Gasteiger partial charge in [-0.05, 0) is 42.2 Å². The standard InChI is InChI=1S/C33H42N8O5/c1-22(2)14-27-32(44)35-8-9-41(29(42)21-39-10-12-40(13-11-39)33-36-6-5-7-37-33)20-23-15-26(30(46-4)28(16-23)45-3)24-17-25(19-34-18-24)31(43)38-27/h5-7,15-19,22,27H,8-14,20-21H2,1-4H3,(H,35,44)(H,38,43)/t27-/m1/s1. The number of ether oxygens (including phenoxy) is 2. The zero-order chi connectivity index (χ0) is 32.6. The maximum Gasteiger partial charge on any atom is 0.253 e. The summed E-state index contributed by atoms with van der Waals surface area (Å²) in [5, 5.41) is 5.84. The Kier molecular flexibility index (Phi) is 10.6. The van der Waals surface area contributed by atoms with Gasteiger partial charge in [0.1, 0.15) is 6.04 Å². The topological polar surface area (TPSA) is 142 Å². The molecule has 1 saturated heterocycles. The number of carbonyl (C=O) groups excluding carboxylic acids is 3. The van der Waals surface area contributed by atoms with Crippen LogP contribution in [-0.2, 0) is 16.1 Å². The van der Waals surface area contributed by atoms with Crippen molar-refractivity contribution in [1.82, 2.24) is 35.4 Å². The van der Waals surface area contributed by atoms with Gasteiger partial charge in [0.25, 0.3) is 5.91 Å². The van der Waals surface area contributed by atoms with Crippen molar-refractivity contribution in [2.75, 3.05) is 64.9 Å². The first-order valence-electron chi connectivity index (χ1n) is 15.6. The second-order valence-corrected chi connectivity index (χ2v) is 11.9. The van der Waals surface area contributed by atoms with Gasteiger partial charge in [0, 0.05) is 81.7 Å². The summed E-state index contributed by atoms with van der Waals surface area (Å²) in [6.45, 7) is 7.81. The number of fused-ring (bicyclic) bond motifs is 5. The van der Waals surface area contributed by atoms with Crippen molar-refractivity contribution in [2.24, 2.45) is 5.92 Å². The van der Waals surface area contributed by atoms with E-state index >= 15 is 0 Å². The van der Waals surface area contributed by atoms with E-state index in [9.17, 15) is 14.4 Å². The number of rotatable bonds is 7. The Morgan fingerprint density at radius 1 is 0.978 bits per heavy atom. The van der Waals surface area contributed by atoms with Gasteiger partial charge in [0.15, 0.2) is 11.5 Å². The average Bonchev–Trinajstić information content (AvgIpc) is 3.07. The molecule has 1 aromatic carbocycles. The van der Waals surface area contributed by atoms with Crippen molar-refractivity contribution in [3.8, 4) is 22.6 Å². The molecule has 13 heteroatoms. The van der Waals surface area contributed by atoms with Crippen LogP contribution in [0.15, 0.2) is 49.1 Å². The van der Waals surface area contributed by atoms with Crippen molar-refractivity contribution < 1.29 is 23.9 Å². The van der Waals surface area contributed by atoms with Gasteiger partial charge >= 0.3 is 0 Å². The van der Waals surface area contributed by atoms with Crippen LogP contribution in [-0.4, -0.2) is 109 Å². The van der Waals surface area contributed by atoms with E-state index in [1.165, 1.54) is 6.20 Å². The minimum absolute atomic E-state index is 0.0602. The molecule has 1 atom stereocenters. The fraction of sp³-hybridized carbons (Fsp3) is 0.455. The molecule has 2 N–H and O–H groups in total. The summed E-state index contributed by atoms with van der Waals surface area (Å²) in [5.74, 6) is 1.07. The highest BCUT2D eigenvalue weighted by atomic mass is 16.5. The number of pyridine rings is 1. The molecule has 3 aromatic rings. The summed E-state index contributed by atoms with van der Waals surface area (Å²) in [5.41, 5.74) is 2.44. The van der Waals surface area contributed by atoms with Crippen LogP contribution in [0.25, 0.3) is 11.1 Å². The highest BCUT2D eigenvalue weighted by Gasteiger charge is 2.27. The fourth-order valence-corrected chi connectivity index (χ4v) is 5.78. The van der Waals surface area contributed by atoms with Crippen LogP contribution in [0.3, 0.4) is 0 Å². The summed E-state index contributed by atoms with van der Waals surface area (Å²) in [6.07, 6.45) is 7.04. The molecule has 0 spiro atoms. The minimum Gasteiger partial charge on any atom is -0.493 e. The van der Waals surface area contributed by atoms with Gasteiger partial charge in [-0.2, -0.15) is 0 Å². The van der Waals surface area contributed by atoms with E-state index in [0.29, 0.717) is 66.7 Å². The number of carbonyl (C=O) groups is 3. The largest absolute Gasteiger partial charge is 0.493 e. The second-order valence-electron chi connectivity index (χ2n) is 11.9. The Balaban J connectivity index is 1.43. The van der Waals surface area contributed by atoms with Gasteiger partial charge in [-0.3, -0.25) is 24.3 Å². The third kappa shape index (κ3) is 7.89. The maximum absolute atomic E-state index is 13.9. The molecule has 2 aliphatic heterocycles. The van der Waals surface area contributed by atoms with Crippen molar-refractivity contribution >= 4 is 23.7 Å². The lowest BCUT2D eigenvalue weighted by atomic mass is 10.00. The first-order valence-corrected chi connectivity index (χ1v) is 15.6. The number of aromatic nitrogens is 3. The second kappa shape index (κ2) is 15.0. The van der Waals surface area contributed by atoms with E-state index in [2.05, 4.69) is 35.4 Å². The number of nitrogens with one attached hydrogen (secondary N) is 2. The molecule has 46 heavy (non-hydrogen) atoms. The average molecular weight is 631 g/mol. The number of benzene rings is 1. The van der Waals surface area contributed by atoms with Crippen molar-refractivity contribution in [2.45, 2.75) is 32.9 Å². The van der Waals surface area contributed by atoms with Crippen LogP contribution in [0.1, 0.15) is 36.2 Å². The van der Waals surface area contributed by atoms with Gasteiger partial charge in [-0.1, -0.05) is 13.8 Å². The van der Waals surface area contributed by atoms with E-state index in [4.69, 9.17) is 9.47 Å². The Morgan fingerprint density at radius 2 is 1.72 bits per heavy atom. The number of nitrogens with zero attached hydrogens (tertiary/aromatic N) is 6. The molecule has 13 nitrogen and oxygen atoms in total. The zero-order valence-electron chi connectivity index (χ0n) is 26.9. The summed E-state index contributed by atoms with van der Waals surface area (Å²) in [6, 6.07) is 6.54. The highest BCUT2D eigenvalue weighted by Crippen LogP contribution is 2.39. The molecule has 2 aromatic heterocycles. The van der Waals surface area contributed by atoms with Gasteiger partial charge in [0.2, 0.25) is 17.8 Å². The monoisotopic (exact) mass is 630 g/mol. The number of anilines is 1. The van der Waals surface area contributed by atoms with Crippen LogP contribution in [0.5, 0.6) is 11.5 Å². The van der Waals surface area contributed by atoms with Gasteiger partial charge < -0.3 is 29.9 Å². The summed E-state index contributed by atoms with van der Waals surface area (Å²) in [4.78, 5) is 59.5. The molecule has 0 aliphatic carbocycles. The normalized spacial score (nSPS) is 17.9. The molecule has 4 heterocycles. The van der Waals surface area contributed by atoms with E-state index in [0.717, 1.165) is 5.56 Å². The molecule has 5 rings (SSSR count). The molecular weight excluding hydrogens is 588 g/mol. The number of hydrogen-bond donors (Lipinski definition) is 2. The Labute approximate surface area is 269 Å². The fourth-order valence-electron chi connectivity index (χ4n) is 5.78. The van der Waals surface area contributed by atoms with Crippen LogP contribution in [0.2, 0.25) is 0 Å². The first kappa shape index (κ1) is 32.6. The van der Waals surface area contributed by atoms with Crippen molar-refractivity contribution in [3.05, 3.63) is 60.2 Å². The number of amides is 3. The third-order valence-corrected chi connectivity index (χ3v) is 8.15. The molecule has 2 aliphatic rings. The molecule has 244 valence electrons. The van der Waals surface area contributed by atoms with Gasteiger partial charge in [-0.25, -0.2) is 9.97 Å². The number of hydrogen-bond acceptors (Lipinski definition) is 10. The van der Waals surface area contributed by atoms with E-state index in [-0.39, 0.29) is 43.9 Å². The van der Waals surface area contributed by atoms with Gasteiger partial charge in [-0.15, -0.1) is 0 Å². The van der Waals surface area contributed by atoms with E-state index < -0.39 is 11.9 Å². The molecule has 1 fully saturated rings. The summed E-state index contributed by atoms with van der Waals surface area (Å²) < 4.78 is 11.4. The highest BCUT2D eigenvalue weighted by molar-refractivity contribution is 5.98. The minimum atomic E-state index is -0.744. The van der Waals surface area contributed by atoms with E-state index in [1.807, 2.05) is 26.0 Å². The van der Waals surface area contributed by atoms with Crippen molar-refractivity contribution in [3.63, 3.8) is 0 Å². The lowest BCUT2D eigenvalue weighted by Crippen LogP contribution is -2.52. The van der Waals surface area contributed by atoms with Crippen LogP contribution >= 0.6 is 0 Å². The molecule has 0 unspecified atom stereocenters. The maximum atomic E-state index is 13.9. The smallest absolute Gasteiger partial charge is 0.253 e. The Hall–Kier alpha value is -4.78. The molecule has 3 amide bonds. The lowest BCUT2D eigenvalue weighted by Gasteiger charge is -2.35. The zero-order valence-corrected chi connectivity index (χ0v) is 26.9. The van der Waals surface area contributed by atoms with Crippen molar-refractivity contribution in [1.29, 1.82) is 0 Å². The molecule has 0 radical (unpaired) electrons. The molecular formula is C33H42N8O5. The summed E-state index contributed by atoms with van der Waals surface area (Å²) >= 11 is 0. The SMILES string of the molecule is COc1cc2cc(c1OC)-c1cncc(c1)C(=O)N[C@H](CC(C)C)C(=O)NCCN(C(=O)CN1CCN(c3ncccn3)CC1)C2.